The summed E-state index contributed by atoms with van der Waals surface area (Å²) in [7, 11) is 5.95. The van der Waals surface area contributed by atoms with Crippen molar-refractivity contribution in [1.29, 1.82) is 0 Å². The zero-order valence-electron chi connectivity index (χ0n) is 59.3. The molecule has 520 valence electrons. The van der Waals surface area contributed by atoms with E-state index >= 15 is 0 Å². The molecule has 93 heavy (non-hydrogen) atoms. The molecular weight excluding hydrogens is 1150 g/mol. The molecule has 0 saturated carbocycles. The highest BCUT2D eigenvalue weighted by molar-refractivity contribution is 5.71. The fourth-order valence-electron chi connectivity index (χ4n) is 9.08. The van der Waals surface area contributed by atoms with E-state index in [1.165, 1.54) is 32.1 Å². The third-order valence-corrected chi connectivity index (χ3v) is 14.5. The molecule has 2 atom stereocenters. The standard InChI is InChI=1S/C84H131NO8/c1-6-8-10-12-14-16-18-20-22-24-26-28-30-32-34-36-38-39-40-41-42-43-45-47-49-51-53-55-57-59-61-63-65-67-69-71-73-75-82(87)93-80(79-92-84(83(88)89)90-77-76-85(3,4)5)78-91-81(86)74-72-70-68-66-64-62-60-58-56-54-52-50-48-46-44-37-35-33-31-29-27-25-23-21-19-17-15-13-11-9-7-2/h8-11,14-17,20-23,26-29,32-35,38-39,41-42,44-47,50-53,57,59,80,84H,6-7,12-13,18-19,24-25,30-31,36-37,40,43,48-49,54-56,58,60-79H2,1-5H3/p+1/b10-8-,11-9-,16-14-,17-15-,22-20-,23-21-,28-26-,29-27-,34-32-,35-33-,39-38-,42-41-,46-44-,47-45-,52-50-,53-51-,59-57-. The van der Waals surface area contributed by atoms with Gasteiger partial charge in [-0.25, -0.2) is 4.79 Å². The summed E-state index contributed by atoms with van der Waals surface area (Å²) in [6.45, 7) is 4.60. The SMILES string of the molecule is CC/C=C\C/C=C\C/C=C\C/C=C\C/C=C\C/C=C\C/C=C\C/C=C\C/C=C\C/C=C\CCCCCCCCC(=O)OC(COC(=O)CCCCCCCCCCC/C=C\C/C=C\C/C=C\C/C=C\C/C=C\C/C=C\C/C=C\CC)COC(OCC[N+](C)(C)C)C(=O)O. The predicted molar refractivity (Wildman–Crippen MR) is 400 cm³/mol. The Kier molecular flexibility index (Phi) is 67.0. The number of likely N-dealkylation sites (N-methyl/N-ethyl adjacent to an activating group) is 1. The van der Waals surface area contributed by atoms with Gasteiger partial charge in [-0.1, -0.05) is 291 Å². The monoisotopic (exact) mass is 1280 g/mol. The maximum atomic E-state index is 13.0. The van der Waals surface area contributed by atoms with Gasteiger partial charge < -0.3 is 28.5 Å². The molecule has 2 unspecified atom stereocenters. The number of unbranched alkanes of at least 4 members (excludes halogenated alkanes) is 15. The van der Waals surface area contributed by atoms with Gasteiger partial charge in [0.1, 0.15) is 13.2 Å². The molecule has 0 fully saturated rings. The van der Waals surface area contributed by atoms with Crippen LogP contribution in [-0.2, 0) is 33.3 Å². The van der Waals surface area contributed by atoms with Crippen LogP contribution < -0.4 is 0 Å². The smallest absolute Gasteiger partial charge is 0.361 e. The predicted octanol–water partition coefficient (Wildman–Crippen LogP) is 23.1. The molecule has 0 radical (unpaired) electrons. The van der Waals surface area contributed by atoms with E-state index in [0.717, 1.165) is 180 Å². The lowest BCUT2D eigenvalue weighted by Crippen LogP contribution is -2.40. The molecule has 0 aliphatic heterocycles. The van der Waals surface area contributed by atoms with Crippen molar-refractivity contribution in [2.24, 2.45) is 0 Å². The largest absolute Gasteiger partial charge is 0.477 e. The van der Waals surface area contributed by atoms with Crippen molar-refractivity contribution in [3.63, 3.8) is 0 Å². The van der Waals surface area contributed by atoms with E-state index in [1.807, 2.05) is 21.1 Å². The van der Waals surface area contributed by atoms with Gasteiger partial charge in [0.2, 0.25) is 0 Å². The highest BCUT2D eigenvalue weighted by Crippen LogP contribution is 2.15. The Morgan fingerprint density at radius 3 is 0.860 bits per heavy atom. The summed E-state index contributed by atoms with van der Waals surface area (Å²) in [6.07, 6.45) is 109. The number of nitrogens with zero attached hydrogens (tertiary/aromatic N) is 1. The van der Waals surface area contributed by atoms with Gasteiger partial charge in [0, 0.05) is 12.8 Å². The highest BCUT2D eigenvalue weighted by atomic mass is 16.7. The Morgan fingerprint density at radius 2 is 0.581 bits per heavy atom. The van der Waals surface area contributed by atoms with E-state index in [0.29, 0.717) is 17.4 Å². The summed E-state index contributed by atoms with van der Waals surface area (Å²) in [6, 6.07) is 0. The van der Waals surface area contributed by atoms with E-state index in [2.05, 4.69) is 220 Å². The molecule has 0 saturated heterocycles. The first-order valence-electron chi connectivity index (χ1n) is 36.2. The van der Waals surface area contributed by atoms with Crippen LogP contribution in [0.5, 0.6) is 0 Å². The van der Waals surface area contributed by atoms with Crippen LogP contribution in [0.2, 0.25) is 0 Å². The van der Waals surface area contributed by atoms with Crippen LogP contribution in [0.25, 0.3) is 0 Å². The van der Waals surface area contributed by atoms with Gasteiger partial charge in [0.25, 0.3) is 6.29 Å². The topological polar surface area (TPSA) is 108 Å². The number of allylic oxidation sites excluding steroid dienone is 34. The molecular formula is C84H132NO8+. The summed E-state index contributed by atoms with van der Waals surface area (Å²) < 4.78 is 23.0. The van der Waals surface area contributed by atoms with Gasteiger partial charge in [-0.2, -0.15) is 0 Å². The van der Waals surface area contributed by atoms with Gasteiger partial charge in [-0.15, -0.1) is 0 Å². The van der Waals surface area contributed by atoms with Crippen molar-refractivity contribution in [3.05, 3.63) is 207 Å². The number of esters is 2. The molecule has 0 bridgehead atoms. The molecule has 0 aromatic heterocycles. The average molecular weight is 1280 g/mol. The van der Waals surface area contributed by atoms with E-state index < -0.39 is 24.3 Å². The Morgan fingerprint density at radius 1 is 0.323 bits per heavy atom. The van der Waals surface area contributed by atoms with Crippen LogP contribution >= 0.6 is 0 Å². The third kappa shape index (κ3) is 73.1. The quantitative estimate of drug-likeness (QED) is 0.0211. The maximum absolute atomic E-state index is 13.0. The van der Waals surface area contributed by atoms with Crippen molar-refractivity contribution in [3.8, 4) is 0 Å². The van der Waals surface area contributed by atoms with Crippen LogP contribution in [0.15, 0.2) is 207 Å². The molecule has 9 nitrogen and oxygen atoms in total. The number of carbonyl (C=O) groups excluding carboxylic acids is 2. The molecule has 0 amide bonds. The lowest BCUT2D eigenvalue weighted by Gasteiger charge is -2.25. The number of hydrogen-bond donors (Lipinski definition) is 1. The number of quaternary nitrogens is 1. The highest BCUT2D eigenvalue weighted by Gasteiger charge is 2.25. The van der Waals surface area contributed by atoms with E-state index in [9.17, 15) is 19.5 Å². The molecule has 0 aliphatic carbocycles. The number of carboxylic acids is 1. The summed E-state index contributed by atoms with van der Waals surface area (Å²) in [5.41, 5.74) is 0. The van der Waals surface area contributed by atoms with Crippen LogP contribution in [0.4, 0.5) is 0 Å². The Hall–Kier alpha value is -6.13. The van der Waals surface area contributed by atoms with Crippen molar-refractivity contribution in [2.75, 3.05) is 47.5 Å². The van der Waals surface area contributed by atoms with Crippen LogP contribution in [-0.4, -0.2) is 87.4 Å². The minimum atomic E-state index is -1.53. The van der Waals surface area contributed by atoms with Gasteiger partial charge in [0.05, 0.1) is 34.4 Å². The fourth-order valence-corrected chi connectivity index (χ4v) is 9.08. The van der Waals surface area contributed by atoms with Crippen LogP contribution in [0.1, 0.15) is 245 Å². The molecule has 0 aromatic rings. The summed E-state index contributed by atoms with van der Waals surface area (Å²) in [5.74, 6) is -2.06. The number of aliphatic carboxylic acids is 1. The number of carboxylic acid groups (broad SMARTS) is 1. The molecule has 0 aliphatic rings. The third-order valence-electron chi connectivity index (χ3n) is 14.5. The average Bonchev–Trinajstić information content (AvgIpc) is 3.73. The van der Waals surface area contributed by atoms with Crippen molar-refractivity contribution in [1.82, 2.24) is 0 Å². The van der Waals surface area contributed by atoms with Crippen molar-refractivity contribution >= 4 is 17.9 Å². The maximum Gasteiger partial charge on any atom is 0.361 e. The van der Waals surface area contributed by atoms with Crippen LogP contribution in [0, 0.1) is 0 Å². The van der Waals surface area contributed by atoms with Gasteiger partial charge in [-0.05, 0) is 148 Å². The van der Waals surface area contributed by atoms with E-state index in [4.69, 9.17) is 18.9 Å². The number of hydrogen-bond acceptors (Lipinski definition) is 7. The minimum absolute atomic E-state index is 0.172. The van der Waals surface area contributed by atoms with Gasteiger partial charge >= 0.3 is 17.9 Å². The Bertz CT molecular complexity index is 2280. The second-order valence-corrected chi connectivity index (χ2v) is 24.4. The zero-order valence-corrected chi connectivity index (χ0v) is 59.3. The second kappa shape index (κ2) is 71.7. The molecule has 9 heteroatoms. The number of rotatable bonds is 64. The van der Waals surface area contributed by atoms with Crippen molar-refractivity contribution in [2.45, 2.75) is 257 Å². The van der Waals surface area contributed by atoms with Gasteiger partial charge in [0.15, 0.2) is 6.10 Å². The zero-order chi connectivity index (χ0) is 67.5. The first-order valence-corrected chi connectivity index (χ1v) is 36.2. The second-order valence-electron chi connectivity index (χ2n) is 24.4. The summed E-state index contributed by atoms with van der Waals surface area (Å²) in [5, 5.41) is 9.76. The molecule has 0 spiro atoms. The summed E-state index contributed by atoms with van der Waals surface area (Å²) in [4.78, 5) is 37.7. The minimum Gasteiger partial charge on any atom is -0.477 e. The van der Waals surface area contributed by atoms with Crippen LogP contribution in [0.3, 0.4) is 0 Å². The molecule has 0 rings (SSSR count). The molecule has 0 aromatic carbocycles. The summed E-state index contributed by atoms with van der Waals surface area (Å²) >= 11 is 0. The molecule has 1 N–H and O–H groups in total. The van der Waals surface area contributed by atoms with E-state index in [-0.39, 0.29) is 38.6 Å². The Balaban J connectivity index is 4.25. The normalized spacial score (nSPS) is 13.9. The lowest BCUT2D eigenvalue weighted by molar-refractivity contribution is -0.870. The Labute approximate surface area is 569 Å². The van der Waals surface area contributed by atoms with Gasteiger partial charge in [-0.3, -0.25) is 9.59 Å². The first-order chi connectivity index (χ1) is 45.6. The molecule has 0 heterocycles. The van der Waals surface area contributed by atoms with Crippen molar-refractivity contribution < 1.29 is 42.9 Å². The lowest BCUT2D eigenvalue weighted by atomic mass is 10.1. The first kappa shape index (κ1) is 86.9. The number of carbonyl (C=O) groups is 3. The van der Waals surface area contributed by atoms with E-state index in [1.54, 1.807) is 0 Å². The number of ether oxygens (including phenoxy) is 4. The fraction of sp³-hybridized carbons (Fsp3) is 0.560.